The topological polar surface area (TPSA) is 147 Å². The molecule has 5 rings (SSSR count). The number of halogens is 1. The van der Waals surface area contributed by atoms with Crippen LogP contribution in [0.15, 0.2) is 71.7 Å². The number of alkyl carbamates (subject to hydrolysis) is 1. The molecule has 1 aliphatic carbocycles. The quantitative estimate of drug-likeness (QED) is 0.224. The second-order valence-corrected chi connectivity index (χ2v) is 15.7. The lowest BCUT2D eigenvalue weighted by Gasteiger charge is -2.35. The average molecular weight is 736 g/mol. The van der Waals surface area contributed by atoms with E-state index in [1.165, 1.54) is 11.0 Å². The van der Waals surface area contributed by atoms with E-state index in [4.69, 9.17) is 14.5 Å². The largest absolute Gasteiger partial charge is 0.488 e. The first-order valence-electron chi connectivity index (χ1n) is 16.2. The van der Waals surface area contributed by atoms with Crippen molar-refractivity contribution in [3.8, 4) is 17.0 Å². The highest BCUT2D eigenvalue weighted by atomic mass is 79.9. The molecule has 0 radical (unpaired) electrons. The first-order valence-corrected chi connectivity index (χ1v) is 17.0. The van der Waals surface area contributed by atoms with Gasteiger partial charge in [-0.05, 0) is 50.8 Å². The van der Waals surface area contributed by atoms with Crippen LogP contribution in [-0.2, 0) is 19.1 Å². The Hall–Kier alpha value is -4.45. The summed E-state index contributed by atoms with van der Waals surface area (Å²) in [6.07, 6.45) is 0.360. The van der Waals surface area contributed by atoms with Crippen molar-refractivity contribution < 1.29 is 33.8 Å². The lowest BCUT2D eigenvalue weighted by molar-refractivity contribution is -0.146. The number of fused-ring (bicyclic) bond motifs is 1. The number of nitrogens with zero attached hydrogens (tertiary/aromatic N) is 2. The molecule has 49 heavy (non-hydrogen) atoms. The van der Waals surface area contributed by atoms with Crippen LogP contribution in [0.2, 0.25) is 0 Å². The molecule has 2 aliphatic rings. The summed E-state index contributed by atoms with van der Waals surface area (Å²) < 4.78 is 12.9. The van der Waals surface area contributed by atoms with Crippen molar-refractivity contribution in [3.05, 3.63) is 71.7 Å². The van der Waals surface area contributed by atoms with E-state index >= 15 is 0 Å². The number of likely N-dealkylation sites (tertiary alicyclic amines) is 1. The molecule has 1 aromatic heterocycles. The molecule has 11 nitrogen and oxygen atoms in total. The first-order chi connectivity index (χ1) is 22.9. The Kier molecular flexibility index (Phi) is 9.84. The van der Waals surface area contributed by atoms with E-state index in [0.717, 1.165) is 15.4 Å². The molecule has 3 N–H and O–H groups in total. The summed E-state index contributed by atoms with van der Waals surface area (Å²) in [4.78, 5) is 59.8. The second-order valence-electron chi connectivity index (χ2n) is 14.8. The summed E-state index contributed by atoms with van der Waals surface area (Å²) in [7, 11) is 0. The summed E-state index contributed by atoms with van der Waals surface area (Å²) >= 11 is 3.53. The number of carbonyl (C=O) groups is 4. The summed E-state index contributed by atoms with van der Waals surface area (Å²) in [5.74, 6) is -2.23. The van der Waals surface area contributed by atoms with Crippen molar-refractivity contribution in [3.63, 3.8) is 0 Å². The Bertz CT molecular complexity index is 1780. The van der Waals surface area contributed by atoms with E-state index < -0.39 is 64.5 Å². The van der Waals surface area contributed by atoms with Gasteiger partial charge in [0.05, 0.1) is 17.8 Å². The maximum absolute atomic E-state index is 14.4. The molecule has 0 bridgehead atoms. The number of nitrogens with one attached hydrogen (secondary N) is 2. The Morgan fingerprint density at radius 3 is 2.37 bits per heavy atom. The molecule has 0 unspecified atom stereocenters. The molecule has 2 fully saturated rings. The lowest BCUT2D eigenvalue weighted by atomic mass is 9.85. The number of carboxylic acids is 1. The zero-order valence-corrected chi connectivity index (χ0v) is 30.2. The number of benzene rings is 2. The second kappa shape index (κ2) is 13.5. The number of ether oxygens (including phenoxy) is 2. The Morgan fingerprint density at radius 1 is 1.08 bits per heavy atom. The van der Waals surface area contributed by atoms with Crippen molar-refractivity contribution >= 4 is 50.7 Å². The molecule has 3 aromatic rings. The number of aliphatic carboxylic acids is 1. The van der Waals surface area contributed by atoms with Gasteiger partial charge in [0.2, 0.25) is 11.8 Å². The zero-order valence-electron chi connectivity index (χ0n) is 28.6. The van der Waals surface area contributed by atoms with Crippen LogP contribution in [0.5, 0.6) is 5.75 Å². The highest BCUT2D eigenvalue weighted by molar-refractivity contribution is 9.10. The van der Waals surface area contributed by atoms with E-state index in [2.05, 4.69) is 33.1 Å². The molecular formula is C37H43BrN4O7. The summed E-state index contributed by atoms with van der Waals surface area (Å²) in [5.41, 5.74) is -0.819. The fraction of sp³-hybridized carbons (Fsp3) is 0.432. The van der Waals surface area contributed by atoms with Crippen LogP contribution in [-0.4, -0.2) is 74.7 Å². The average Bonchev–Trinajstić information content (AvgIpc) is 3.58. The lowest BCUT2D eigenvalue weighted by Crippen LogP contribution is -2.59. The van der Waals surface area contributed by atoms with Gasteiger partial charge in [0.25, 0.3) is 0 Å². The molecule has 2 heterocycles. The maximum atomic E-state index is 14.4. The third-order valence-electron chi connectivity index (χ3n) is 8.75. The number of carbonyl (C=O) groups excluding carboxylic acids is 3. The SMILES string of the molecule is C=C[C@@H]1C[C@]1(NC(=O)[C@@H]1C[C@@H](Oc2cc(-c3ccccc3)nc3cc(Br)ccc23)CN1C(=O)[C@@H](NC(=O)OC(C)(C)C)C(C)(C)C)C(=O)O. The van der Waals surface area contributed by atoms with Gasteiger partial charge in [-0.2, -0.15) is 0 Å². The van der Waals surface area contributed by atoms with Crippen molar-refractivity contribution in [2.45, 2.75) is 83.7 Å². The Labute approximate surface area is 294 Å². The van der Waals surface area contributed by atoms with E-state index in [0.29, 0.717) is 17.0 Å². The van der Waals surface area contributed by atoms with Gasteiger partial charge in [0.1, 0.15) is 35.1 Å². The van der Waals surface area contributed by atoms with Gasteiger partial charge in [-0.1, -0.05) is 73.1 Å². The highest BCUT2D eigenvalue weighted by Crippen LogP contribution is 2.45. The monoisotopic (exact) mass is 734 g/mol. The maximum Gasteiger partial charge on any atom is 0.408 e. The molecule has 1 aliphatic heterocycles. The Morgan fingerprint density at radius 2 is 1.78 bits per heavy atom. The van der Waals surface area contributed by atoms with Gasteiger partial charge in [0.15, 0.2) is 0 Å². The standard InChI is InChI=1S/C37H43BrN4O7/c1-8-22-19-37(22,33(45)46)41-31(43)28-17-24(20-42(28)32(44)30(35(2,3)4)40-34(47)49-36(5,6)7)48-29-18-26(21-12-10-9-11-13-21)39-27-16-23(38)14-15-25(27)29/h8-16,18,22,24,28,30H,1,17,19-20H2,2-7H3,(H,40,47)(H,41,43)(H,45,46)/t22-,24-,28+,30-,37-/m1/s1. The van der Waals surface area contributed by atoms with Gasteiger partial charge in [-0.25, -0.2) is 14.6 Å². The van der Waals surface area contributed by atoms with Gasteiger partial charge in [0, 0.05) is 33.8 Å². The van der Waals surface area contributed by atoms with Crippen LogP contribution in [0.4, 0.5) is 4.79 Å². The fourth-order valence-corrected chi connectivity index (χ4v) is 6.49. The molecule has 260 valence electrons. The predicted molar refractivity (Wildman–Crippen MR) is 189 cm³/mol. The van der Waals surface area contributed by atoms with Crippen LogP contribution in [0, 0.1) is 11.3 Å². The number of amides is 3. The van der Waals surface area contributed by atoms with E-state index in [1.807, 2.05) is 54.6 Å². The van der Waals surface area contributed by atoms with E-state index in [9.17, 15) is 24.3 Å². The van der Waals surface area contributed by atoms with Crippen LogP contribution >= 0.6 is 15.9 Å². The van der Waals surface area contributed by atoms with E-state index in [1.54, 1.807) is 41.5 Å². The van der Waals surface area contributed by atoms with Gasteiger partial charge < -0.3 is 30.1 Å². The highest BCUT2D eigenvalue weighted by Gasteiger charge is 2.61. The van der Waals surface area contributed by atoms with Crippen LogP contribution in [0.3, 0.4) is 0 Å². The minimum atomic E-state index is -1.50. The van der Waals surface area contributed by atoms with E-state index in [-0.39, 0.29) is 19.4 Å². The molecule has 12 heteroatoms. The van der Waals surface area contributed by atoms with Crippen LogP contribution in [0.1, 0.15) is 54.4 Å². The van der Waals surface area contributed by atoms with Crippen LogP contribution < -0.4 is 15.4 Å². The number of aromatic nitrogens is 1. The minimum absolute atomic E-state index is 0.00543. The number of carboxylic acid groups (broad SMARTS) is 1. The number of hydrogen-bond donors (Lipinski definition) is 3. The minimum Gasteiger partial charge on any atom is -0.488 e. The molecule has 3 amide bonds. The molecule has 1 saturated heterocycles. The summed E-state index contributed by atoms with van der Waals surface area (Å²) in [6, 6.07) is 15.0. The third kappa shape index (κ3) is 7.90. The molecule has 2 aromatic carbocycles. The summed E-state index contributed by atoms with van der Waals surface area (Å²) in [6.45, 7) is 14.3. The van der Waals surface area contributed by atoms with Crippen molar-refractivity contribution in [2.24, 2.45) is 11.3 Å². The molecule has 1 saturated carbocycles. The molecular weight excluding hydrogens is 692 g/mol. The fourth-order valence-electron chi connectivity index (χ4n) is 6.14. The third-order valence-corrected chi connectivity index (χ3v) is 9.24. The smallest absolute Gasteiger partial charge is 0.408 e. The van der Waals surface area contributed by atoms with Gasteiger partial charge in [-0.15, -0.1) is 6.58 Å². The first kappa shape index (κ1) is 35.8. The molecule has 5 atom stereocenters. The van der Waals surface area contributed by atoms with Crippen LogP contribution in [0.25, 0.3) is 22.2 Å². The van der Waals surface area contributed by atoms with Gasteiger partial charge in [-0.3, -0.25) is 9.59 Å². The van der Waals surface area contributed by atoms with Gasteiger partial charge >= 0.3 is 12.1 Å². The number of rotatable bonds is 9. The van der Waals surface area contributed by atoms with Crippen molar-refractivity contribution in [1.29, 1.82) is 0 Å². The zero-order chi connectivity index (χ0) is 35.9. The Balaban J connectivity index is 1.50. The van der Waals surface area contributed by atoms with Crippen molar-refractivity contribution in [2.75, 3.05) is 6.54 Å². The normalized spacial score (nSPS) is 22.6. The number of pyridine rings is 1. The molecule has 0 spiro atoms. The predicted octanol–water partition coefficient (Wildman–Crippen LogP) is 6.10. The van der Waals surface area contributed by atoms with Crippen molar-refractivity contribution in [1.82, 2.24) is 20.5 Å². The summed E-state index contributed by atoms with van der Waals surface area (Å²) in [5, 5.41) is 16.2. The number of hydrogen-bond acceptors (Lipinski definition) is 7.